The van der Waals surface area contributed by atoms with Crippen molar-refractivity contribution in [2.45, 2.75) is 0 Å². The average Bonchev–Trinajstić information content (AvgIpc) is 2.95. The van der Waals surface area contributed by atoms with Gasteiger partial charge in [-0.1, -0.05) is 48.0 Å². The van der Waals surface area contributed by atoms with E-state index in [1.54, 1.807) is 12.4 Å². The third-order valence-electron chi connectivity index (χ3n) is 3.56. The Kier molecular flexibility index (Phi) is 3.44. The normalized spacial score (nSPS) is 10.8. The van der Waals surface area contributed by atoms with E-state index in [9.17, 15) is 0 Å². The number of nitrogens with one attached hydrogen (secondary N) is 1. The Bertz CT molecular complexity index is 963. The SMILES string of the molecule is Clc1cccc(Nc2c(-c3ccccc3)nc3cnccn23)c1. The Morgan fingerprint density at radius 1 is 1.00 bits per heavy atom. The van der Waals surface area contributed by atoms with Crippen LogP contribution in [0.2, 0.25) is 5.02 Å². The zero-order valence-electron chi connectivity index (χ0n) is 12.1. The second-order valence-corrected chi connectivity index (χ2v) is 5.55. The lowest BCUT2D eigenvalue weighted by Gasteiger charge is -2.09. The van der Waals surface area contributed by atoms with Gasteiger partial charge in [0.05, 0.1) is 6.20 Å². The second kappa shape index (κ2) is 5.74. The number of nitrogens with zero attached hydrogens (tertiary/aromatic N) is 3. The summed E-state index contributed by atoms with van der Waals surface area (Å²) in [6, 6.07) is 17.7. The van der Waals surface area contributed by atoms with Gasteiger partial charge in [-0.2, -0.15) is 0 Å². The summed E-state index contributed by atoms with van der Waals surface area (Å²) in [5.74, 6) is 0.885. The van der Waals surface area contributed by atoms with Gasteiger partial charge < -0.3 is 5.32 Å². The third kappa shape index (κ3) is 2.64. The van der Waals surface area contributed by atoms with Crippen LogP contribution in [0.3, 0.4) is 0 Å². The van der Waals surface area contributed by atoms with Crippen molar-refractivity contribution >= 4 is 28.8 Å². The van der Waals surface area contributed by atoms with E-state index in [0.29, 0.717) is 5.02 Å². The maximum atomic E-state index is 6.09. The van der Waals surface area contributed by atoms with Gasteiger partial charge in [0, 0.05) is 28.7 Å². The van der Waals surface area contributed by atoms with Crippen LogP contribution in [0.4, 0.5) is 11.5 Å². The zero-order chi connectivity index (χ0) is 15.6. The number of rotatable bonds is 3. The lowest BCUT2D eigenvalue weighted by molar-refractivity contribution is 1.13. The Morgan fingerprint density at radius 2 is 1.87 bits per heavy atom. The van der Waals surface area contributed by atoms with Gasteiger partial charge in [-0.25, -0.2) is 4.98 Å². The summed E-state index contributed by atoms with van der Waals surface area (Å²) in [4.78, 5) is 8.86. The van der Waals surface area contributed by atoms with Crippen LogP contribution in [0.15, 0.2) is 73.2 Å². The van der Waals surface area contributed by atoms with Crippen LogP contribution in [0.1, 0.15) is 0 Å². The first-order valence-electron chi connectivity index (χ1n) is 7.21. The van der Waals surface area contributed by atoms with E-state index in [1.165, 1.54) is 0 Å². The summed E-state index contributed by atoms with van der Waals surface area (Å²) in [6.07, 6.45) is 5.38. The maximum absolute atomic E-state index is 6.09. The standard InChI is InChI=1S/C18H13ClN4/c19-14-7-4-8-15(11-14)21-18-17(13-5-2-1-3-6-13)22-16-12-20-9-10-23(16)18/h1-12,21H. The van der Waals surface area contributed by atoms with Crippen molar-refractivity contribution < 1.29 is 0 Å². The zero-order valence-corrected chi connectivity index (χ0v) is 12.9. The smallest absolute Gasteiger partial charge is 0.157 e. The van der Waals surface area contributed by atoms with Gasteiger partial charge in [0.2, 0.25) is 0 Å². The second-order valence-electron chi connectivity index (χ2n) is 5.11. The van der Waals surface area contributed by atoms with Gasteiger partial charge >= 0.3 is 0 Å². The number of fused-ring (bicyclic) bond motifs is 1. The van der Waals surface area contributed by atoms with Crippen LogP contribution in [0.5, 0.6) is 0 Å². The van der Waals surface area contributed by atoms with E-state index >= 15 is 0 Å². The van der Waals surface area contributed by atoms with Crippen LogP contribution in [-0.4, -0.2) is 14.4 Å². The highest BCUT2D eigenvalue weighted by molar-refractivity contribution is 6.30. The molecule has 4 aromatic rings. The maximum Gasteiger partial charge on any atom is 0.157 e. The molecule has 1 N–H and O–H groups in total. The molecule has 0 aliphatic heterocycles. The summed E-state index contributed by atoms with van der Waals surface area (Å²) in [7, 11) is 0. The minimum Gasteiger partial charge on any atom is -0.339 e. The molecule has 112 valence electrons. The molecule has 0 saturated carbocycles. The van der Waals surface area contributed by atoms with Crippen molar-refractivity contribution in [1.29, 1.82) is 0 Å². The van der Waals surface area contributed by atoms with Crippen molar-refractivity contribution in [2.75, 3.05) is 5.32 Å². The highest BCUT2D eigenvalue weighted by atomic mass is 35.5. The fourth-order valence-electron chi connectivity index (χ4n) is 2.53. The third-order valence-corrected chi connectivity index (χ3v) is 3.80. The molecule has 0 atom stereocenters. The lowest BCUT2D eigenvalue weighted by Crippen LogP contribution is -1.97. The molecule has 0 saturated heterocycles. The predicted molar refractivity (Wildman–Crippen MR) is 93.2 cm³/mol. The Labute approximate surface area is 138 Å². The van der Waals surface area contributed by atoms with Gasteiger partial charge in [-0.15, -0.1) is 0 Å². The number of imidazole rings is 1. The predicted octanol–water partition coefficient (Wildman–Crippen LogP) is 4.79. The van der Waals surface area contributed by atoms with Crippen molar-refractivity contribution in [3.63, 3.8) is 0 Å². The van der Waals surface area contributed by atoms with E-state index < -0.39 is 0 Å². The summed E-state index contributed by atoms with van der Waals surface area (Å²) >= 11 is 6.09. The fourth-order valence-corrected chi connectivity index (χ4v) is 2.72. The minimum absolute atomic E-state index is 0.687. The molecule has 4 rings (SSSR count). The number of hydrogen-bond donors (Lipinski definition) is 1. The van der Waals surface area contributed by atoms with Crippen molar-refractivity contribution in [2.24, 2.45) is 0 Å². The first-order chi connectivity index (χ1) is 11.3. The van der Waals surface area contributed by atoms with E-state index in [1.807, 2.05) is 65.2 Å². The number of hydrogen-bond acceptors (Lipinski definition) is 3. The molecule has 23 heavy (non-hydrogen) atoms. The van der Waals surface area contributed by atoms with Gasteiger partial charge in [0.1, 0.15) is 11.5 Å². The molecule has 2 aromatic carbocycles. The molecule has 2 aromatic heterocycles. The van der Waals surface area contributed by atoms with Crippen LogP contribution in [0.25, 0.3) is 16.9 Å². The molecule has 0 amide bonds. The Morgan fingerprint density at radius 3 is 2.70 bits per heavy atom. The molecule has 0 bridgehead atoms. The highest BCUT2D eigenvalue weighted by Crippen LogP contribution is 2.31. The molecule has 0 spiro atoms. The molecule has 5 heteroatoms. The molecule has 0 fully saturated rings. The van der Waals surface area contributed by atoms with Gasteiger partial charge in [-0.05, 0) is 18.2 Å². The summed E-state index contributed by atoms with van der Waals surface area (Å²) < 4.78 is 1.98. The lowest BCUT2D eigenvalue weighted by atomic mass is 10.1. The van der Waals surface area contributed by atoms with E-state index in [-0.39, 0.29) is 0 Å². The fraction of sp³-hybridized carbons (Fsp3) is 0. The van der Waals surface area contributed by atoms with Crippen LogP contribution >= 0.6 is 11.6 Å². The highest BCUT2D eigenvalue weighted by Gasteiger charge is 2.14. The summed E-state index contributed by atoms with van der Waals surface area (Å²) in [5, 5.41) is 4.11. The minimum atomic E-state index is 0.687. The number of anilines is 2. The van der Waals surface area contributed by atoms with Crippen molar-refractivity contribution in [3.8, 4) is 11.3 Å². The van der Waals surface area contributed by atoms with E-state index in [4.69, 9.17) is 16.6 Å². The molecule has 4 nitrogen and oxygen atoms in total. The van der Waals surface area contributed by atoms with Crippen molar-refractivity contribution in [3.05, 3.63) is 78.2 Å². The molecule has 0 unspecified atom stereocenters. The molecular formula is C18H13ClN4. The monoisotopic (exact) mass is 320 g/mol. The van der Waals surface area contributed by atoms with Gasteiger partial charge in [0.25, 0.3) is 0 Å². The van der Waals surface area contributed by atoms with E-state index in [2.05, 4.69) is 10.3 Å². The van der Waals surface area contributed by atoms with Gasteiger partial charge in [0.15, 0.2) is 5.65 Å². The first-order valence-corrected chi connectivity index (χ1v) is 7.59. The first kappa shape index (κ1) is 13.8. The Balaban J connectivity index is 1.89. The van der Waals surface area contributed by atoms with Gasteiger partial charge in [-0.3, -0.25) is 9.38 Å². The molecule has 0 radical (unpaired) electrons. The number of halogens is 1. The number of aromatic nitrogens is 3. The van der Waals surface area contributed by atoms with Crippen molar-refractivity contribution in [1.82, 2.24) is 14.4 Å². The number of benzene rings is 2. The molecule has 0 aliphatic rings. The van der Waals surface area contributed by atoms with Crippen LogP contribution < -0.4 is 5.32 Å². The largest absolute Gasteiger partial charge is 0.339 e. The topological polar surface area (TPSA) is 42.2 Å². The summed E-state index contributed by atoms with van der Waals surface area (Å²) in [6.45, 7) is 0. The Hall–Kier alpha value is -2.85. The molecular weight excluding hydrogens is 308 g/mol. The van der Waals surface area contributed by atoms with Crippen LogP contribution in [0, 0.1) is 0 Å². The molecule has 2 heterocycles. The molecule has 0 aliphatic carbocycles. The summed E-state index contributed by atoms with van der Waals surface area (Å²) in [5.41, 5.74) is 3.61. The quantitative estimate of drug-likeness (QED) is 0.590. The van der Waals surface area contributed by atoms with Crippen LogP contribution in [-0.2, 0) is 0 Å². The average molecular weight is 321 g/mol. The van der Waals surface area contributed by atoms with E-state index in [0.717, 1.165) is 28.4 Å².